The van der Waals surface area contributed by atoms with Gasteiger partial charge < -0.3 is 10.2 Å². The van der Waals surface area contributed by atoms with Crippen LogP contribution in [0.15, 0.2) is 42.2 Å². The molecular formula is C16H22N2O. The molecule has 0 radical (unpaired) electrons. The highest BCUT2D eigenvalue weighted by Crippen LogP contribution is 2.14. The number of amides is 1. The van der Waals surface area contributed by atoms with E-state index in [1.54, 1.807) is 0 Å². The van der Waals surface area contributed by atoms with Gasteiger partial charge in [-0.15, -0.1) is 0 Å². The van der Waals surface area contributed by atoms with Gasteiger partial charge in [-0.2, -0.15) is 0 Å². The Hall–Kier alpha value is -1.77. The lowest BCUT2D eigenvalue weighted by Gasteiger charge is -2.28. The van der Waals surface area contributed by atoms with Gasteiger partial charge in [0.1, 0.15) is 0 Å². The maximum Gasteiger partial charge on any atom is 0.255 e. The minimum Gasteiger partial charge on any atom is -0.376 e. The molecule has 2 rings (SSSR count). The Morgan fingerprint density at radius 3 is 2.74 bits per heavy atom. The molecule has 1 heterocycles. The van der Waals surface area contributed by atoms with Gasteiger partial charge in [-0.25, -0.2) is 0 Å². The van der Waals surface area contributed by atoms with Crippen molar-refractivity contribution in [2.24, 2.45) is 5.92 Å². The standard InChI is InChI=1S/C16H22N2O/c1-13(2)11-18-10-6-9-15(12-18)17-16(19)14-7-4-3-5-8-14/h3-5,7-8,12-13H,6,9-11H2,1-2H3,(H,17,19). The Labute approximate surface area is 115 Å². The molecule has 102 valence electrons. The Kier molecular flexibility index (Phi) is 4.61. The first-order chi connectivity index (χ1) is 9.15. The van der Waals surface area contributed by atoms with Gasteiger partial charge in [-0.05, 0) is 30.9 Å². The van der Waals surface area contributed by atoms with Crippen molar-refractivity contribution in [1.29, 1.82) is 0 Å². The molecule has 0 saturated carbocycles. The number of nitrogens with one attached hydrogen (secondary N) is 1. The van der Waals surface area contributed by atoms with Crippen LogP contribution in [0.2, 0.25) is 0 Å². The molecule has 0 atom stereocenters. The monoisotopic (exact) mass is 258 g/mol. The Morgan fingerprint density at radius 2 is 2.05 bits per heavy atom. The Bertz CT molecular complexity index is 451. The lowest BCUT2D eigenvalue weighted by Crippen LogP contribution is -2.32. The highest BCUT2D eigenvalue weighted by atomic mass is 16.1. The second kappa shape index (κ2) is 6.41. The first kappa shape index (κ1) is 13.7. The molecule has 1 aliphatic rings. The van der Waals surface area contributed by atoms with Crippen LogP contribution in [0, 0.1) is 5.92 Å². The van der Waals surface area contributed by atoms with Crippen LogP contribution in [-0.2, 0) is 0 Å². The van der Waals surface area contributed by atoms with Crippen LogP contribution in [0.4, 0.5) is 0 Å². The zero-order valence-electron chi connectivity index (χ0n) is 11.7. The Balaban J connectivity index is 1.98. The van der Waals surface area contributed by atoms with Crippen LogP contribution in [0.1, 0.15) is 37.0 Å². The molecule has 0 bridgehead atoms. The van der Waals surface area contributed by atoms with E-state index < -0.39 is 0 Å². The number of allylic oxidation sites excluding steroid dienone is 1. The van der Waals surface area contributed by atoms with Crippen LogP contribution in [-0.4, -0.2) is 23.9 Å². The molecule has 0 unspecified atom stereocenters. The molecule has 0 fully saturated rings. The maximum atomic E-state index is 12.1. The molecule has 3 nitrogen and oxygen atoms in total. The van der Waals surface area contributed by atoms with E-state index in [0.29, 0.717) is 11.5 Å². The van der Waals surface area contributed by atoms with Gasteiger partial charge in [0.25, 0.3) is 5.91 Å². The number of nitrogens with zero attached hydrogens (tertiary/aromatic N) is 1. The van der Waals surface area contributed by atoms with E-state index in [-0.39, 0.29) is 5.91 Å². The van der Waals surface area contributed by atoms with Crippen molar-refractivity contribution in [3.05, 3.63) is 47.8 Å². The minimum atomic E-state index is -0.0155. The highest BCUT2D eigenvalue weighted by molar-refractivity contribution is 5.95. The van der Waals surface area contributed by atoms with Crippen molar-refractivity contribution in [2.75, 3.05) is 13.1 Å². The second-order valence-corrected chi connectivity index (χ2v) is 5.47. The fourth-order valence-corrected chi connectivity index (χ4v) is 2.34. The van der Waals surface area contributed by atoms with Crippen molar-refractivity contribution in [3.8, 4) is 0 Å². The van der Waals surface area contributed by atoms with Gasteiger partial charge >= 0.3 is 0 Å². The fraction of sp³-hybridized carbons (Fsp3) is 0.438. The molecule has 1 aromatic rings. The largest absolute Gasteiger partial charge is 0.376 e. The average Bonchev–Trinajstić information content (AvgIpc) is 2.39. The fourth-order valence-electron chi connectivity index (χ4n) is 2.34. The van der Waals surface area contributed by atoms with Crippen LogP contribution < -0.4 is 5.32 Å². The summed E-state index contributed by atoms with van der Waals surface area (Å²) in [6, 6.07) is 9.36. The number of carbonyl (C=O) groups excluding carboxylic acids is 1. The Morgan fingerprint density at radius 1 is 1.32 bits per heavy atom. The summed E-state index contributed by atoms with van der Waals surface area (Å²) >= 11 is 0. The number of benzene rings is 1. The minimum absolute atomic E-state index is 0.0155. The van der Waals surface area contributed by atoms with Gasteiger partial charge in [0.15, 0.2) is 0 Å². The van der Waals surface area contributed by atoms with Gasteiger partial charge in [-0.3, -0.25) is 4.79 Å². The molecule has 1 aromatic carbocycles. The molecule has 3 heteroatoms. The topological polar surface area (TPSA) is 32.3 Å². The van der Waals surface area contributed by atoms with Crippen molar-refractivity contribution in [2.45, 2.75) is 26.7 Å². The summed E-state index contributed by atoms with van der Waals surface area (Å²) in [6.07, 6.45) is 4.16. The number of hydrogen-bond donors (Lipinski definition) is 1. The third kappa shape index (κ3) is 4.12. The van der Waals surface area contributed by atoms with Crippen LogP contribution in [0.5, 0.6) is 0 Å². The zero-order chi connectivity index (χ0) is 13.7. The predicted octanol–water partition coefficient (Wildman–Crippen LogP) is 3.01. The van der Waals surface area contributed by atoms with Gasteiger partial charge in [0.05, 0.1) is 0 Å². The molecule has 19 heavy (non-hydrogen) atoms. The lowest BCUT2D eigenvalue weighted by atomic mass is 10.1. The average molecular weight is 258 g/mol. The van der Waals surface area contributed by atoms with Gasteiger partial charge in [0.2, 0.25) is 0 Å². The van der Waals surface area contributed by atoms with E-state index in [2.05, 4.69) is 30.3 Å². The summed E-state index contributed by atoms with van der Waals surface area (Å²) in [4.78, 5) is 14.4. The van der Waals surface area contributed by atoms with Crippen molar-refractivity contribution in [1.82, 2.24) is 10.2 Å². The van der Waals surface area contributed by atoms with E-state index >= 15 is 0 Å². The normalized spacial score (nSPS) is 15.3. The first-order valence-electron chi connectivity index (χ1n) is 6.96. The van der Waals surface area contributed by atoms with E-state index in [0.717, 1.165) is 31.6 Å². The third-order valence-corrected chi connectivity index (χ3v) is 3.14. The molecule has 0 spiro atoms. The summed E-state index contributed by atoms with van der Waals surface area (Å²) in [5.41, 5.74) is 1.74. The third-order valence-electron chi connectivity index (χ3n) is 3.14. The molecule has 0 saturated heterocycles. The SMILES string of the molecule is CC(C)CN1C=C(NC(=O)c2ccccc2)CCC1. The van der Waals surface area contributed by atoms with Crippen LogP contribution >= 0.6 is 0 Å². The highest BCUT2D eigenvalue weighted by Gasteiger charge is 2.14. The second-order valence-electron chi connectivity index (χ2n) is 5.47. The smallest absolute Gasteiger partial charge is 0.255 e. The first-order valence-corrected chi connectivity index (χ1v) is 6.96. The zero-order valence-corrected chi connectivity index (χ0v) is 11.7. The summed E-state index contributed by atoms with van der Waals surface area (Å²) in [5.74, 6) is 0.624. The summed E-state index contributed by atoms with van der Waals surface area (Å²) in [5, 5.41) is 3.02. The summed E-state index contributed by atoms with van der Waals surface area (Å²) in [7, 11) is 0. The van der Waals surface area contributed by atoms with E-state index in [9.17, 15) is 4.79 Å². The molecule has 1 aliphatic heterocycles. The van der Waals surface area contributed by atoms with E-state index in [1.807, 2.05) is 30.3 Å². The molecule has 1 N–H and O–H groups in total. The van der Waals surface area contributed by atoms with Crippen molar-refractivity contribution < 1.29 is 4.79 Å². The van der Waals surface area contributed by atoms with Gasteiger partial charge in [0, 0.05) is 30.5 Å². The lowest BCUT2D eigenvalue weighted by molar-refractivity contribution is 0.0962. The van der Waals surface area contributed by atoms with E-state index in [1.165, 1.54) is 0 Å². The number of hydrogen-bond acceptors (Lipinski definition) is 2. The predicted molar refractivity (Wildman–Crippen MR) is 77.6 cm³/mol. The van der Waals surface area contributed by atoms with Gasteiger partial charge in [-0.1, -0.05) is 32.0 Å². The molecule has 1 amide bonds. The molecule has 0 aliphatic carbocycles. The number of carbonyl (C=O) groups is 1. The molecule has 0 aromatic heterocycles. The van der Waals surface area contributed by atoms with E-state index in [4.69, 9.17) is 0 Å². The maximum absolute atomic E-state index is 12.1. The summed E-state index contributed by atoms with van der Waals surface area (Å²) in [6.45, 7) is 6.56. The van der Waals surface area contributed by atoms with Crippen LogP contribution in [0.25, 0.3) is 0 Å². The van der Waals surface area contributed by atoms with Crippen molar-refractivity contribution >= 4 is 5.91 Å². The van der Waals surface area contributed by atoms with Crippen molar-refractivity contribution in [3.63, 3.8) is 0 Å². The number of rotatable bonds is 4. The van der Waals surface area contributed by atoms with Crippen LogP contribution in [0.3, 0.4) is 0 Å². The molecular weight excluding hydrogens is 236 g/mol. The quantitative estimate of drug-likeness (QED) is 0.900. The summed E-state index contributed by atoms with van der Waals surface area (Å²) < 4.78 is 0.